The van der Waals surface area contributed by atoms with Crippen molar-refractivity contribution >= 4 is 5.91 Å². The molecule has 0 aromatic rings. The van der Waals surface area contributed by atoms with Crippen LogP contribution < -0.4 is 5.32 Å². The maximum absolute atomic E-state index is 12.5. The lowest BCUT2D eigenvalue weighted by Gasteiger charge is -2.21. The van der Waals surface area contributed by atoms with Crippen LogP contribution in [0.3, 0.4) is 0 Å². The second-order valence-corrected chi connectivity index (χ2v) is 18.1. The Kier molecular flexibility index (Phi) is 48.0. The highest BCUT2D eigenvalue weighted by Crippen LogP contribution is 2.17. The minimum Gasteiger partial charge on any atom is -0.394 e. The summed E-state index contributed by atoms with van der Waals surface area (Å²) >= 11 is 0. The summed E-state index contributed by atoms with van der Waals surface area (Å²) in [6.45, 7) is 4.10. The summed E-state index contributed by atoms with van der Waals surface area (Å²) in [7, 11) is 0. The Hall–Kier alpha value is -1.43. The molecular formula is C54H103NO4. The minimum absolute atomic E-state index is 0.380. The van der Waals surface area contributed by atoms with Crippen LogP contribution in [-0.4, -0.2) is 46.1 Å². The molecule has 0 bridgehead atoms. The van der Waals surface area contributed by atoms with Gasteiger partial charge in [-0.1, -0.05) is 275 Å². The first-order chi connectivity index (χ1) is 29.1. The van der Waals surface area contributed by atoms with Crippen molar-refractivity contribution in [1.82, 2.24) is 5.32 Å². The summed E-state index contributed by atoms with van der Waals surface area (Å²) < 4.78 is 0. The van der Waals surface area contributed by atoms with Crippen molar-refractivity contribution < 1.29 is 20.1 Å². The second-order valence-electron chi connectivity index (χ2n) is 18.1. The van der Waals surface area contributed by atoms with Gasteiger partial charge < -0.3 is 20.6 Å². The molecule has 59 heavy (non-hydrogen) atoms. The number of rotatable bonds is 48. The van der Waals surface area contributed by atoms with Crippen LogP contribution in [0.1, 0.15) is 277 Å². The summed E-state index contributed by atoms with van der Waals surface area (Å²) in [6.07, 6.45) is 63.9. The Morgan fingerprint density at radius 3 is 1.00 bits per heavy atom. The smallest absolute Gasteiger partial charge is 0.249 e. The van der Waals surface area contributed by atoms with Crippen molar-refractivity contribution in [2.45, 2.75) is 295 Å². The number of amides is 1. The molecule has 0 saturated heterocycles. The monoisotopic (exact) mass is 830 g/mol. The molecule has 0 spiro atoms. The van der Waals surface area contributed by atoms with Crippen LogP contribution in [-0.2, 0) is 4.79 Å². The number of allylic oxidation sites excluding steroid dienone is 5. The molecule has 0 saturated carbocycles. The van der Waals surface area contributed by atoms with E-state index in [1.165, 1.54) is 205 Å². The lowest BCUT2D eigenvalue weighted by atomic mass is 10.0. The van der Waals surface area contributed by atoms with Gasteiger partial charge in [0, 0.05) is 0 Å². The number of carbonyl (C=O) groups excluding carboxylic acids is 1. The van der Waals surface area contributed by atoms with Crippen LogP contribution >= 0.6 is 0 Å². The molecule has 348 valence electrons. The van der Waals surface area contributed by atoms with Gasteiger partial charge in [-0.3, -0.25) is 4.79 Å². The van der Waals surface area contributed by atoms with Gasteiger partial charge in [0.2, 0.25) is 5.91 Å². The first-order valence-corrected chi connectivity index (χ1v) is 26.3. The van der Waals surface area contributed by atoms with Crippen molar-refractivity contribution in [1.29, 1.82) is 0 Å². The van der Waals surface area contributed by atoms with E-state index in [0.29, 0.717) is 6.42 Å². The molecule has 5 heteroatoms. The molecule has 3 unspecified atom stereocenters. The van der Waals surface area contributed by atoms with E-state index < -0.39 is 24.2 Å². The standard InChI is InChI=1S/C54H103NO4/c1-3-5-7-9-11-13-15-16-17-18-19-20-21-22-23-24-25-26-27-28-29-30-31-32-33-34-35-36-37-39-41-43-45-47-49-53(58)54(59)55-51(50-56)52(57)48-46-44-42-40-38-14-12-10-8-6-4-2/h8,10,38,40,46,48,51-53,56-58H,3-7,9,11-37,39,41-45,47,49-50H2,1-2H3,(H,55,59)/b10-8+,40-38+,48-46+. The average molecular weight is 830 g/mol. The van der Waals surface area contributed by atoms with Crippen LogP contribution in [0.2, 0.25) is 0 Å². The maximum atomic E-state index is 12.5. The minimum atomic E-state index is -1.11. The zero-order valence-electron chi connectivity index (χ0n) is 39.6. The number of carbonyl (C=O) groups is 1. The van der Waals surface area contributed by atoms with Crippen molar-refractivity contribution in [3.8, 4) is 0 Å². The third-order valence-corrected chi connectivity index (χ3v) is 12.2. The lowest BCUT2D eigenvalue weighted by molar-refractivity contribution is -0.131. The molecule has 0 aliphatic carbocycles. The molecule has 0 aromatic carbocycles. The van der Waals surface area contributed by atoms with Gasteiger partial charge in [-0.15, -0.1) is 0 Å². The molecule has 0 aliphatic rings. The molecule has 0 aromatic heterocycles. The zero-order chi connectivity index (χ0) is 43.0. The molecule has 0 fully saturated rings. The molecule has 0 radical (unpaired) electrons. The average Bonchev–Trinajstić information content (AvgIpc) is 3.24. The van der Waals surface area contributed by atoms with Gasteiger partial charge in [0.05, 0.1) is 18.8 Å². The summed E-state index contributed by atoms with van der Waals surface area (Å²) in [5.74, 6) is -0.515. The number of hydrogen-bond acceptors (Lipinski definition) is 4. The van der Waals surface area contributed by atoms with Crippen molar-refractivity contribution in [2.75, 3.05) is 6.61 Å². The maximum Gasteiger partial charge on any atom is 0.249 e. The summed E-state index contributed by atoms with van der Waals surface area (Å²) in [4.78, 5) is 12.5. The fraction of sp³-hybridized carbons (Fsp3) is 0.870. The molecular weight excluding hydrogens is 727 g/mol. The first kappa shape index (κ1) is 57.6. The number of hydrogen-bond donors (Lipinski definition) is 4. The fourth-order valence-corrected chi connectivity index (χ4v) is 8.11. The summed E-state index contributed by atoms with van der Waals surface area (Å²) in [6, 6.07) is -0.818. The summed E-state index contributed by atoms with van der Waals surface area (Å²) in [5, 5.41) is 33.1. The highest BCUT2D eigenvalue weighted by molar-refractivity contribution is 5.80. The SMILES string of the molecule is CCC/C=C/CC/C=C/CC/C=C/C(O)C(CO)NC(=O)C(O)CCCCCCCCCCCCCCCCCCCCCCCCCCCCCCCCCCCC. The van der Waals surface area contributed by atoms with Gasteiger partial charge in [0.1, 0.15) is 6.10 Å². The molecule has 4 N–H and O–H groups in total. The predicted octanol–water partition coefficient (Wildman–Crippen LogP) is 15.9. The largest absolute Gasteiger partial charge is 0.394 e. The van der Waals surface area contributed by atoms with E-state index in [9.17, 15) is 20.1 Å². The molecule has 0 aliphatic heterocycles. The Labute approximate surface area is 368 Å². The first-order valence-electron chi connectivity index (χ1n) is 26.3. The van der Waals surface area contributed by atoms with E-state index in [-0.39, 0.29) is 6.61 Å². The molecule has 5 nitrogen and oxygen atoms in total. The molecule has 0 rings (SSSR count). The van der Waals surface area contributed by atoms with E-state index in [0.717, 1.165) is 51.4 Å². The predicted molar refractivity (Wildman–Crippen MR) is 259 cm³/mol. The van der Waals surface area contributed by atoms with Gasteiger partial charge >= 0.3 is 0 Å². The molecule has 3 atom stereocenters. The zero-order valence-corrected chi connectivity index (χ0v) is 39.6. The Morgan fingerprint density at radius 1 is 0.407 bits per heavy atom. The number of nitrogens with one attached hydrogen (secondary N) is 1. The Bertz CT molecular complexity index is 916. The number of aliphatic hydroxyl groups excluding tert-OH is 3. The van der Waals surface area contributed by atoms with Gasteiger partial charge in [0.15, 0.2) is 0 Å². The van der Waals surface area contributed by atoms with Gasteiger partial charge in [-0.2, -0.15) is 0 Å². The number of aliphatic hydroxyl groups is 3. The number of unbranched alkanes of at least 4 members (excludes halogenated alkanes) is 36. The highest BCUT2D eigenvalue weighted by atomic mass is 16.3. The Balaban J connectivity index is 3.45. The van der Waals surface area contributed by atoms with Crippen LogP contribution in [0.5, 0.6) is 0 Å². The van der Waals surface area contributed by atoms with Crippen molar-refractivity contribution in [2.24, 2.45) is 0 Å². The van der Waals surface area contributed by atoms with E-state index in [4.69, 9.17) is 0 Å². The summed E-state index contributed by atoms with van der Waals surface area (Å²) in [5.41, 5.74) is 0. The van der Waals surface area contributed by atoms with E-state index in [2.05, 4.69) is 43.5 Å². The molecule has 1 amide bonds. The van der Waals surface area contributed by atoms with Crippen LogP contribution in [0.15, 0.2) is 36.5 Å². The van der Waals surface area contributed by atoms with E-state index in [1.54, 1.807) is 6.08 Å². The van der Waals surface area contributed by atoms with Gasteiger partial charge in [0.25, 0.3) is 0 Å². The topological polar surface area (TPSA) is 89.8 Å². The normalized spacial score (nSPS) is 13.6. The Morgan fingerprint density at radius 2 is 0.695 bits per heavy atom. The third kappa shape index (κ3) is 44.4. The quantitative estimate of drug-likeness (QED) is 0.0363. The lowest BCUT2D eigenvalue weighted by Crippen LogP contribution is -2.48. The van der Waals surface area contributed by atoms with E-state index in [1.807, 2.05) is 6.08 Å². The second kappa shape index (κ2) is 49.2. The van der Waals surface area contributed by atoms with Crippen LogP contribution in [0.25, 0.3) is 0 Å². The molecule has 0 heterocycles. The van der Waals surface area contributed by atoms with Crippen molar-refractivity contribution in [3.63, 3.8) is 0 Å². The highest BCUT2D eigenvalue weighted by Gasteiger charge is 2.22. The van der Waals surface area contributed by atoms with Crippen LogP contribution in [0, 0.1) is 0 Å². The van der Waals surface area contributed by atoms with Crippen molar-refractivity contribution in [3.05, 3.63) is 36.5 Å². The van der Waals surface area contributed by atoms with E-state index >= 15 is 0 Å². The third-order valence-electron chi connectivity index (χ3n) is 12.2. The van der Waals surface area contributed by atoms with Gasteiger partial charge in [-0.25, -0.2) is 0 Å². The van der Waals surface area contributed by atoms with Crippen LogP contribution in [0.4, 0.5) is 0 Å². The van der Waals surface area contributed by atoms with Gasteiger partial charge in [-0.05, 0) is 38.5 Å². The fourth-order valence-electron chi connectivity index (χ4n) is 8.11.